The van der Waals surface area contributed by atoms with Gasteiger partial charge in [0.2, 0.25) is 5.91 Å². The molecule has 11 nitrogen and oxygen atoms in total. The van der Waals surface area contributed by atoms with Gasteiger partial charge in [-0.3, -0.25) is 14.4 Å². The number of nitrogens with one attached hydrogen (secondary N) is 1. The van der Waals surface area contributed by atoms with E-state index in [1.807, 2.05) is 36.4 Å². The molecule has 0 fully saturated rings. The van der Waals surface area contributed by atoms with Crippen LogP contribution in [0.25, 0.3) is 11.1 Å². The van der Waals surface area contributed by atoms with Gasteiger partial charge in [-0.2, -0.15) is 0 Å². The summed E-state index contributed by atoms with van der Waals surface area (Å²) in [5.41, 5.74) is -1.29. The standard InChI is InChI=1S/C43H61NO10/c1-6-7-8-11-14-19-34(45)20-15-12-9-10-13-16-22-36(43(52,28-27-38(46)47)41(51)54-42(2,3)4)39(48)44-37(40(49)50)29-31-23-25-32(26-24-31)33-18-17-21-35(30-33)53-5/h16-18,21-26,30,36-37,52H,6-15,19-20,27-29H2,1-5H3,(H,44,48)(H,46,47)(H,49,50)/b22-16+/t36-,37+,43+/m1/s1. The molecule has 3 atom stereocenters. The molecule has 2 aromatic carbocycles. The van der Waals surface area contributed by atoms with Crippen LogP contribution in [0.3, 0.4) is 0 Å². The second-order valence-corrected chi connectivity index (χ2v) is 14.9. The zero-order valence-electron chi connectivity index (χ0n) is 32.7. The largest absolute Gasteiger partial charge is 0.497 e. The van der Waals surface area contributed by atoms with Gasteiger partial charge in [0.05, 0.1) is 13.0 Å². The number of Topliss-reactive ketones (excluding diaryl/α,β-unsaturated/α-hetero) is 1. The van der Waals surface area contributed by atoms with Crippen molar-refractivity contribution in [3.8, 4) is 16.9 Å². The fourth-order valence-electron chi connectivity index (χ4n) is 6.07. The molecule has 298 valence electrons. The first-order valence-corrected chi connectivity index (χ1v) is 19.2. The molecule has 0 bridgehead atoms. The Hall–Kier alpha value is -4.51. The maximum absolute atomic E-state index is 13.9. The first-order chi connectivity index (χ1) is 25.6. The van der Waals surface area contributed by atoms with Crippen LogP contribution in [0.2, 0.25) is 0 Å². The Balaban J connectivity index is 2.20. The van der Waals surface area contributed by atoms with Gasteiger partial charge in [-0.25, -0.2) is 9.59 Å². The number of methoxy groups -OCH3 is 1. The number of carbonyl (C=O) groups is 5. The Bertz CT molecular complexity index is 1530. The molecule has 0 radical (unpaired) electrons. The summed E-state index contributed by atoms with van der Waals surface area (Å²) in [7, 11) is 1.58. The second kappa shape index (κ2) is 23.3. The number of ketones is 1. The van der Waals surface area contributed by atoms with E-state index in [0.717, 1.165) is 49.7 Å². The number of aliphatic carboxylic acids is 2. The number of ether oxygens (including phenoxy) is 2. The summed E-state index contributed by atoms with van der Waals surface area (Å²) in [5, 5.41) is 33.9. The highest BCUT2D eigenvalue weighted by molar-refractivity contribution is 5.93. The van der Waals surface area contributed by atoms with Gasteiger partial charge < -0.3 is 30.1 Å². The van der Waals surface area contributed by atoms with Gasteiger partial charge >= 0.3 is 17.9 Å². The average Bonchev–Trinajstić information content (AvgIpc) is 3.12. The van der Waals surface area contributed by atoms with Crippen LogP contribution >= 0.6 is 0 Å². The predicted molar refractivity (Wildman–Crippen MR) is 208 cm³/mol. The summed E-state index contributed by atoms with van der Waals surface area (Å²) < 4.78 is 10.8. The molecule has 0 aliphatic rings. The van der Waals surface area contributed by atoms with Gasteiger partial charge in [-0.15, -0.1) is 0 Å². The molecule has 1 amide bonds. The highest BCUT2D eigenvalue weighted by Crippen LogP contribution is 2.30. The molecule has 0 spiro atoms. The fourth-order valence-corrected chi connectivity index (χ4v) is 6.07. The molecule has 0 aliphatic heterocycles. The number of allylic oxidation sites excluding steroid dienone is 1. The lowest BCUT2D eigenvalue weighted by molar-refractivity contribution is -0.184. The topological polar surface area (TPSA) is 177 Å². The Kier molecular flexibility index (Phi) is 19.7. The van der Waals surface area contributed by atoms with Crippen molar-refractivity contribution in [2.45, 2.75) is 141 Å². The molecule has 0 saturated heterocycles. The summed E-state index contributed by atoms with van der Waals surface area (Å²) in [5.74, 6) is -5.45. The zero-order chi connectivity index (χ0) is 40.1. The molecule has 0 saturated carbocycles. The van der Waals surface area contributed by atoms with Gasteiger partial charge in [-0.1, -0.05) is 94.0 Å². The first kappa shape index (κ1) is 45.6. The van der Waals surface area contributed by atoms with E-state index in [-0.39, 0.29) is 12.2 Å². The van der Waals surface area contributed by atoms with Crippen LogP contribution in [-0.4, -0.2) is 69.3 Å². The van der Waals surface area contributed by atoms with Crippen LogP contribution in [0.4, 0.5) is 0 Å². The van der Waals surface area contributed by atoms with E-state index in [2.05, 4.69) is 12.2 Å². The van der Waals surface area contributed by atoms with Crippen LogP contribution in [0.1, 0.15) is 123 Å². The summed E-state index contributed by atoms with van der Waals surface area (Å²) in [6.45, 7) is 6.89. The summed E-state index contributed by atoms with van der Waals surface area (Å²) >= 11 is 0. The number of hydrogen-bond acceptors (Lipinski definition) is 8. The number of aliphatic hydroxyl groups is 1. The van der Waals surface area contributed by atoms with E-state index in [4.69, 9.17) is 9.47 Å². The number of benzene rings is 2. The van der Waals surface area contributed by atoms with E-state index in [1.165, 1.54) is 18.9 Å². The third-order valence-electron chi connectivity index (χ3n) is 9.14. The smallest absolute Gasteiger partial charge is 0.339 e. The molecule has 0 aliphatic carbocycles. The number of amides is 1. The van der Waals surface area contributed by atoms with Gasteiger partial charge in [0.15, 0.2) is 5.60 Å². The molecule has 0 heterocycles. The Morgan fingerprint density at radius 1 is 0.815 bits per heavy atom. The maximum atomic E-state index is 13.9. The van der Waals surface area contributed by atoms with Gasteiger partial charge in [-0.05, 0) is 81.7 Å². The van der Waals surface area contributed by atoms with Crippen molar-refractivity contribution in [2.24, 2.45) is 5.92 Å². The molecule has 11 heteroatoms. The average molecular weight is 752 g/mol. The molecule has 4 N–H and O–H groups in total. The lowest BCUT2D eigenvalue weighted by atomic mass is 9.81. The maximum Gasteiger partial charge on any atom is 0.339 e. The third-order valence-corrected chi connectivity index (χ3v) is 9.14. The van der Waals surface area contributed by atoms with E-state index in [9.17, 15) is 39.3 Å². The summed E-state index contributed by atoms with van der Waals surface area (Å²) in [6, 6.07) is 13.2. The Morgan fingerprint density at radius 3 is 2.02 bits per heavy atom. The summed E-state index contributed by atoms with van der Waals surface area (Å²) in [4.78, 5) is 63.6. The van der Waals surface area contributed by atoms with E-state index in [0.29, 0.717) is 37.0 Å². The highest BCUT2D eigenvalue weighted by Gasteiger charge is 2.49. The normalized spacial score (nSPS) is 13.8. The highest BCUT2D eigenvalue weighted by atomic mass is 16.6. The van der Waals surface area contributed by atoms with Gasteiger partial charge in [0, 0.05) is 25.7 Å². The second-order valence-electron chi connectivity index (χ2n) is 14.9. The zero-order valence-corrected chi connectivity index (χ0v) is 32.7. The molecular formula is C43H61NO10. The van der Waals surface area contributed by atoms with Crippen molar-refractivity contribution in [1.82, 2.24) is 5.32 Å². The number of hydrogen-bond donors (Lipinski definition) is 4. The van der Waals surface area contributed by atoms with Crippen LogP contribution in [0.15, 0.2) is 60.7 Å². The van der Waals surface area contributed by atoms with E-state index < -0.39 is 59.8 Å². The van der Waals surface area contributed by atoms with E-state index in [1.54, 1.807) is 46.1 Å². The van der Waals surface area contributed by atoms with Crippen LogP contribution in [0, 0.1) is 5.92 Å². The predicted octanol–water partition coefficient (Wildman–Crippen LogP) is 7.85. The Morgan fingerprint density at radius 2 is 1.44 bits per heavy atom. The fraction of sp³-hybridized carbons (Fsp3) is 0.558. The van der Waals surface area contributed by atoms with Crippen LogP contribution in [-0.2, 0) is 35.1 Å². The minimum atomic E-state index is -2.61. The van der Waals surface area contributed by atoms with Gasteiger partial charge in [0.25, 0.3) is 0 Å². The number of carbonyl (C=O) groups excluding carboxylic acids is 3. The van der Waals surface area contributed by atoms with Crippen molar-refractivity contribution >= 4 is 29.6 Å². The van der Waals surface area contributed by atoms with Crippen molar-refractivity contribution in [2.75, 3.05) is 7.11 Å². The SMILES string of the molecule is CCCCCCCC(=O)CCCCCC/C=C/[C@H](C(=O)N[C@@H](Cc1ccc(-c2cccc(OC)c2)cc1)C(=O)O)[C@@](O)(CCC(=O)O)C(=O)OC(C)(C)C. The number of carboxylic acids is 2. The third kappa shape index (κ3) is 16.7. The van der Waals surface area contributed by atoms with Crippen molar-refractivity contribution < 1.29 is 48.8 Å². The number of unbranched alkanes of at least 4 members (excludes halogenated alkanes) is 8. The van der Waals surface area contributed by atoms with Crippen molar-refractivity contribution in [3.05, 3.63) is 66.2 Å². The molecule has 0 unspecified atom stereocenters. The van der Waals surface area contributed by atoms with Gasteiger partial charge in [0.1, 0.15) is 23.2 Å². The summed E-state index contributed by atoms with van der Waals surface area (Å²) in [6.07, 6.45) is 11.9. The molecule has 0 aromatic heterocycles. The lowest BCUT2D eigenvalue weighted by Crippen LogP contribution is -2.56. The monoisotopic (exact) mass is 751 g/mol. The van der Waals surface area contributed by atoms with Crippen LogP contribution < -0.4 is 10.1 Å². The van der Waals surface area contributed by atoms with Crippen molar-refractivity contribution in [1.29, 1.82) is 0 Å². The quantitative estimate of drug-likeness (QED) is 0.0421. The van der Waals surface area contributed by atoms with Crippen molar-refractivity contribution in [3.63, 3.8) is 0 Å². The Labute approximate surface area is 320 Å². The first-order valence-electron chi connectivity index (χ1n) is 19.2. The number of carboxylic acid groups (broad SMARTS) is 2. The number of rotatable bonds is 26. The van der Waals surface area contributed by atoms with Crippen LogP contribution in [0.5, 0.6) is 5.75 Å². The minimum absolute atomic E-state index is 0.0999. The number of esters is 1. The molecular weight excluding hydrogens is 690 g/mol. The minimum Gasteiger partial charge on any atom is -0.497 e. The lowest BCUT2D eigenvalue weighted by Gasteiger charge is -2.34. The molecule has 54 heavy (non-hydrogen) atoms. The molecule has 2 aromatic rings. The molecule has 2 rings (SSSR count). The van der Waals surface area contributed by atoms with E-state index >= 15 is 0 Å².